The van der Waals surface area contributed by atoms with Gasteiger partial charge in [0.1, 0.15) is 0 Å². The van der Waals surface area contributed by atoms with Crippen LogP contribution in [0.15, 0.2) is 17.6 Å². The molecule has 1 atom stereocenters. The van der Waals surface area contributed by atoms with Crippen LogP contribution in [0.2, 0.25) is 0 Å². The lowest BCUT2D eigenvalue weighted by Crippen LogP contribution is -2.35. The Balaban J connectivity index is 1.43. The van der Waals surface area contributed by atoms with Crippen molar-refractivity contribution in [3.05, 3.63) is 39.8 Å². The van der Waals surface area contributed by atoms with E-state index in [2.05, 4.69) is 34.9 Å². The number of amides is 2. The highest BCUT2D eigenvalue weighted by Gasteiger charge is 2.26. The molecule has 164 valence electrons. The second-order valence-corrected chi connectivity index (χ2v) is 10.8. The minimum atomic E-state index is -3.84. The van der Waals surface area contributed by atoms with Crippen LogP contribution in [0.3, 0.4) is 0 Å². The lowest BCUT2D eigenvalue weighted by molar-refractivity contribution is 0.256. The van der Waals surface area contributed by atoms with Crippen molar-refractivity contribution in [3.63, 3.8) is 0 Å². The van der Waals surface area contributed by atoms with Crippen molar-refractivity contribution in [2.45, 2.75) is 71.3 Å². The van der Waals surface area contributed by atoms with Crippen molar-refractivity contribution in [2.75, 3.05) is 18.4 Å². The fourth-order valence-corrected chi connectivity index (χ4v) is 5.99. The number of urea groups is 1. The summed E-state index contributed by atoms with van der Waals surface area (Å²) >= 11 is 0. The van der Waals surface area contributed by atoms with Crippen molar-refractivity contribution in [1.29, 1.82) is 0 Å². The number of hydrogen-bond acceptors (Lipinski definition) is 4. The number of nitrogens with one attached hydrogen (secondary N) is 2. The van der Waals surface area contributed by atoms with E-state index >= 15 is 0 Å². The van der Waals surface area contributed by atoms with Crippen LogP contribution in [0.1, 0.15) is 61.8 Å². The van der Waals surface area contributed by atoms with Gasteiger partial charge in [0, 0.05) is 23.7 Å². The van der Waals surface area contributed by atoms with Crippen LogP contribution < -0.4 is 10.0 Å². The van der Waals surface area contributed by atoms with Gasteiger partial charge in [-0.15, -0.1) is 0 Å². The Hall–Kier alpha value is -1.86. The lowest BCUT2D eigenvalue weighted by Gasteiger charge is -2.23. The summed E-state index contributed by atoms with van der Waals surface area (Å²) in [6.07, 6.45) is 9.88. The number of carbonyl (C=O) groups is 1. The fourth-order valence-electron chi connectivity index (χ4n) is 5.23. The zero-order valence-electron chi connectivity index (χ0n) is 18.0. The third-order valence-electron chi connectivity index (χ3n) is 6.44. The Morgan fingerprint density at radius 1 is 1.13 bits per heavy atom. The maximum absolute atomic E-state index is 12.6. The molecular weight excluding hydrogens is 398 g/mol. The first-order valence-electron chi connectivity index (χ1n) is 11.2. The smallest absolute Gasteiger partial charge is 0.307 e. The van der Waals surface area contributed by atoms with E-state index in [-0.39, 0.29) is 6.04 Å². The molecular formula is C23H33N3O3S. The number of rotatable bonds is 6. The van der Waals surface area contributed by atoms with Crippen molar-refractivity contribution >= 4 is 21.7 Å². The number of sulfonamides is 1. The molecule has 1 aromatic carbocycles. The van der Waals surface area contributed by atoms with Crippen LogP contribution in [-0.2, 0) is 35.7 Å². The summed E-state index contributed by atoms with van der Waals surface area (Å²) in [4.78, 5) is 14.9. The minimum Gasteiger partial charge on any atom is -0.307 e. The average Bonchev–Trinajstić information content (AvgIpc) is 3.39. The van der Waals surface area contributed by atoms with Gasteiger partial charge < -0.3 is 5.32 Å². The number of fused-ring (bicyclic) bond motifs is 2. The molecule has 1 fully saturated rings. The molecule has 0 unspecified atom stereocenters. The van der Waals surface area contributed by atoms with Crippen LogP contribution in [0.25, 0.3) is 0 Å². The first kappa shape index (κ1) is 21.4. The Bertz CT molecular complexity index is 921. The maximum Gasteiger partial charge on any atom is 0.333 e. The summed E-state index contributed by atoms with van der Waals surface area (Å²) in [6.45, 7) is 6.27. The van der Waals surface area contributed by atoms with Gasteiger partial charge >= 0.3 is 6.03 Å². The minimum absolute atomic E-state index is 0.118. The summed E-state index contributed by atoms with van der Waals surface area (Å²) < 4.78 is 27.2. The van der Waals surface area contributed by atoms with Crippen LogP contribution >= 0.6 is 0 Å². The predicted octanol–water partition coefficient (Wildman–Crippen LogP) is 3.75. The van der Waals surface area contributed by atoms with Gasteiger partial charge in [-0.05, 0) is 86.1 Å². The predicted molar refractivity (Wildman–Crippen MR) is 120 cm³/mol. The molecule has 2 amide bonds. The van der Waals surface area contributed by atoms with E-state index in [9.17, 15) is 13.2 Å². The van der Waals surface area contributed by atoms with E-state index in [1.807, 2.05) is 0 Å². The second kappa shape index (κ2) is 8.71. The van der Waals surface area contributed by atoms with Gasteiger partial charge in [0.05, 0.1) is 0 Å². The van der Waals surface area contributed by atoms with Gasteiger partial charge in [-0.2, -0.15) is 0 Å². The normalized spacial score (nSPS) is 21.4. The third kappa shape index (κ3) is 4.72. The van der Waals surface area contributed by atoms with Gasteiger partial charge in [-0.3, -0.25) is 4.90 Å². The zero-order chi connectivity index (χ0) is 21.3. The van der Waals surface area contributed by atoms with Gasteiger partial charge in [0.2, 0.25) is 0 Å². The van der Waals surface area contributed by atoms with E-state index in [1.54, 1.807) is 6.08 Å². The van der Waals surface area contributed by atoms with Crippen molar-refractivity contribution in [1.82, 2.24) is 9.62 Å². The van der Waals surface area contributed by atoms with Crippen LogP contribution in [0.5, 0.6) is 0 Å². The highest BCUT2D eigenvalue weighted by Crippen LogP contribution is 2.38. The molecule has 2 aliphatic carbocycles. The highest BCUT2D eigenvalue weighted by molar-refractivity contribution is 7.92. The number of hydrogen-bond donors (Lipinski definition) is 2. The van der Waals surface area contributed by atoms with Crippen LogP contribution in [-0.4, -0.2) is 38.5 Å². The van der Waals surface area contributed by atoms with Gasteiger partial charge in [-0.25, -0.2) is 17.9 Å². The van der Waals surface area contributed by atoms with Crippen molar-refractivity contribution in [2.24, 2.45) is 5.92 Å². The molecule has 1 heterocycles. The number of aryl methyl sites for hydroxylation is 2. The Kier molecular flexibility index (Phi) is 6.21. The van der Waals surface area contributed by atoms with Gasteiger partial charge in [-0.1, -0.05) is 26.0 Å². The topological polar surface area (TPSA) is 78.5 Å². The van der Waals surface area contributed by atoms with Crippen molar-refractivity contribution < 1.29 is 13.2 Å². The summed E-state index contributed by atoms with van der Waals surface area (Å²) in [5.41, 5.74) is 5.84. The molecule has 7 heteroatoms. The largest absolute Gasteiger partial charge is 0.333 e. The summed E-state index contributed by atoms with van der Waals surface area (Å²) in [6, 6.07) is 1.74. The van der Waals surface area contributed by atoms with Crippen LogP contribution in [0.4, 0.5) is 10.5 Å². The Morgan fingerprint density at radius 2 is 1.80 bits per heavy atom. The Labute approximate surface area is 180 Å². The molecule has 6 nitrogen and oxygen atoms in total. The summed E-state index contributed by atoms with van der Waals surface area (Å²) in [5, 5.41) is 4.05. The second-order valence-electron chi connectivity index (χ2n) is 9.26. The molecule has 0 aromatic heterocycles. The molecule has 2 N–H and O–H groups in total. The molecule has 0 radical (unpaired) electrons. The average molecular weight is 432 g/mol. The zero-order valence-corrected chi connectivity index (χ0v) is 18.9. The molecule has 3 aliphatic rings. The number of nitrogens with zero attached hydrogens (tertiary/aromatic N) is 1. The lowest BCUT2D eigenvalue weighted by atomic mass is 9.99. The van der Waals surface area contributed by atoms with E-state index < -0.39 is 16.1 Å². The van der Waals surface area contributed by atoms with E-state index in [0.717, 1.165) is 75.6 Å². The first-order chi connectivity index (χ1) is 14.3. The molecule has 30 heavy (non-hydrogen) atoms. The SMILES string of the molecule is CC(C)CN1CCC[C@@H]1/C=C/S(=O)(=O)NC(=O)Nc1c2c(cc3c1CCC3)CCC2. The number of likely N-dealkylation sites (tertiary alicyclic amines) is 1. The number of carbonyl (C=O) groups excluding carboxylic acids is 1. The van der Waals surface area contributed by atoms with Crippen LogP contribution in [0, 0.1) is 5.92 Å². The molecule has 4 rings (SSSR count). The molecule has 0 bridgehead atoms. The summed E-state index contributed by atoms with van der Waals surface area (Å²) in [5.74, 6) is 0.536. The molecule has 1 saturated heterocycles. The molecule has 1 aromatic rings. The van der Waals surface area contributed by atoms with E-state index in [1.165, 1.54) is 22.3 Å². The standard InChI is InChI=1S/C23H33N3O3S/c1-16(2)15-26-12-5-8-19(26)11-13-30(28,29)25-23(27)24-22-20-9-3-6-17(20)14-18-7-4-10-21(18)22/h11,13-14,16,19H,3-10,12,15H2,1-2H3,(H2,24,25,27)/b13-11+/t19-/m1/s1. The van der Waals surface area contributed by atoms with E-state index in [4.69, 9.17) is 0 Å². The molecule has 0 saturated carbocycles. The quantitative estimate of drug-likeness (QED) is 0.719. The Morgan fingerprint density at radius 3 is 2.43 bits per heavy atom. The fraction of sp³-hybridized carbons (Fsp3) is 0.609. The van der Waals surface area contributed by atoms with Gasteiger partial charge in [0.15, 0.2) is 0 Å². The van der Waals surface area contributed by atoms with E-state index in [0.29, 0.717) is 5.92 Å². The molecule has 0 spiro atoms. The summed E-state index contributed by atoms with van der Waals surface area (Å²) in [7, 11) is -3.84. The monoisotopic (exact) mass is 431 g/mol. The number of benzene rings is 1. The van der Waals surface area contributed by atoms with Gasteiger partial charge in [0.25, 0.3) is 10.0 Å². The maximum atomic E-state index is 12.6. The third-order valence-corrected chi connectivity index (χ3v) is 7.43. The first-order valence-corrected chi connectivity index (χ1v) is 12.8. The molecule has 1 aliphatic heterocycles. The highest BCUT2D eigenvalue weighted by atomic mass is 32.2. The van der Waals surface area contributed by atoms with Crippen molar-refractivity contribution in [3.8, 4) is 0 Å². The number of anilines is 1.